The van der Waals surface area contributed by atoms with Gasteiger partial charge in [0.15, 0.2) is 0 Å². The summed E-state index contributed by atoms with van der Waals surface area (Å²) >= 11 is 0. The predicted octanol–water partition coefficient (Wildman–Crippen LogP) is 0.779. The minimum Gasteiger partial charge on any atom is -0.399 e. The molecule has 0 spiro atoms. The molecule has 0 aromatic heterocycles. The van der Waals surface area contributed by atoms with Crippen LogP contribution < -0.4 is 11.1 Å². The molecule has 0 bridgehead atoms. The highest BCUT2D eigenvalue weighted by Crippen LogP contribution is 2.06. The van der Waals surface area contributed by atoms with E-state index in [9.17, 15) is 4.79 Å². The van der Waals surface area contributed by atoms with Gasteiger partial charge in [-0.2, -0.15) is 0 Å². The van der Waals surface area contributed by atoms with Gasteiger partial charge in [-0.3, -0.25) is 4.79 Å². The van der Waals surface area contributed by atoms with Crippen LogP contribution in [0.4, 0.5) is 5.69 Å². The first kappa shape index (κ1) is 12.3. The quantitative estimate of drug-likeness (QED) is 0.518. The molecule has 1 amide bonds. The van der Waals surface area contributed by atoms with Crippen LogP contribution in [0.1, 0.15) is 12.5 Å². The van der Waals surface area contributed by atoms with Crippen molar-refractivity contribution in [3.63, 3.8) is 0 Å². The summed E-state index contributed by atoms with van der Waals surface area (Å²) in [6.45, 7) is 1.66. The fraction of sp³-hybridized carbons (Fsp3) is 0.250. The molecule has 4 heteroatoms. The Balaban J connectivity index is 2.53. The van der Waals surface area contributed by atoms with Crippen molar-refractivity contribution in [1.29, 1.82) is 0 Å². The minimum absolute atomic E-state index is 0.0680. The molecule has 4 N–H and O–H groups in total. The van der Waals surface area contributed by atoms with E-state index in [1.54, 1.807) is 25.1 Å². The van der Waals surface area contributed by atoms with E-state index in [4.69, 9.17) is 10.8 Å². The lowest BCUT2D eigenvalue weighted by molar-refractivity contribution is -0.117. The average Bonchev–Trinajstić information content (AvgIpc) is 2.28. The molecule has 0 saturated heterocycles. The summed E-state index contributed by atoms with van der Waals surface area (Å²) in [5.41, 5.74) is 7.13. The van der Waals surface area contributed by atoms with Gasteiger partial charge in [0.1, 0.15) is 0 Å². The van der Waals surface area contributed by atoms with Crippen LogP contribution in [0.5, 0.6) is 0 Å². The van der Waals surface area contributed by atoms with Gasteiger partial charge >= 0.3 is 0 Å². The van der Waals surface area contributed by atoms with Crippen molar-refractivity contribution >= 4 is 17.7 Å². The Hall–Kier alpha value is -1.81. The van der Waals surface area contributed by atoms with E-state index in [2.05, 4.69) is 5.32 Å². The van der Waals surface area contributed by atoms with Crippen LogP contribution in [0, 0.1) is 0 Å². The van der Waals surface area contributed by atoms with E-state index in [1.807, 2.05) is 12.1 Å². The van der Waals surface area contributed by atoms with E-state index in [0.717, 1.165) is 5.56 Å². The number of hydrogen-bond acceptors (Lipinski definition) is 3. The Kier molecular flexibility index (Phi) is 4.54. The lowest BCUT2D eigenvalue weighted by Gasteiger charge is -2.07. The summed E-state index contributed by atoms with van der Waals surface area (Å²) in [6.07, 6.45) is 3.12. The Morgan fingerprint density at radius 3 is 2.69 bits per heavy atom. The van der Waals surface area contributed by atoms with Gasteiger partial charge in [-0.25, -0.2) is 0 Å². The van der Waals surface area contributed by atoms with Crippen LogP contribution in [-0.2, 0) is 4.79 Å². The summed E-state index contributed by atoms with van der Waals surface area (Å²) in [4.78, 5) is 11.3. The zero-order chi connectivity index (χ0) is 12.0. The largest absolute Gasteiger partial charge is 0.399 e. The molecule has 4 nitrogen and oxygen atoms in total. The third-order valence-electron chi connectivity index (χ3n) is 2.03. The molecule has 0 fully saturated rings. The first-order chi connectivity index (χ1) is 7.61. The van der Waals surface area contributed by atoms with Crippen LogP contribution in [0.3, 0.4) is 0 Å². The molecule has 1 atom stereocenters. The van der Waals surface area contributed by atoms with Crippen molar-refractivity contribution in [1.82, 2.24) is 5.32 Å². The number of nitrogens with two attached hydrogens (primary N) is 1. The molecule has 0 aliphatic rings. The van der Waals surface area contributed by atoms with Crippen molar-refractivity contribution in [2.45, 2.75) is 13.0 Å². The smallest absolute Gasteiger partial charge is 0.244 e. The van der Waals surface area contributed by atoms with Gasteiger partial charge in [-0.05, 0) is 30.7 Å². The van der Waals surface area contributed by atoms with Crippen molar-refractivity contribution in [2.75, 3.05) is 12.3 Å². The van der Waals surface area contributed by atoms with Crippen LogP contribution in [0.15, 0.2) is 30.3 Å². The SMILES string of the molecule is CC(CO)NC(=O)/C=C/c1ccc(N)cc1. The molecule has 1 aromatic rings. The Morgan fingerprint density at radius 1 is 1.50 bits per heavy atom. The van der Waals surface area contributed by atoms with E-state index >= 15 is 0 Å². The average molecular weight is 220 g/mol. The maximum Gasteiger partial charge on any atom is 0.244 e. The lowest BCUT2D eigenvalue weighted by atomic mass is 10.2. The molecule has 0 radical (unpaired) electrons. The molecule has 0 saturated carbocycles. The van der Waals surface area contributed by atoms with Crippen LogP contribution >= 0.6 is 0 Å². The molecule has 0 aliphatic heterocycles. The summed E-state index contributed by atoms with van der Waals surface area (Å²) < 4.78 is 0. The van der Waals surface area contributed by atoms with Crippen LogP contribution in [0.2, 0.25) is 0 Å². The van der Waals surface area contributed by atoms with Gasteiger partial charge in [0, 0.05) is 17.8 Å². The highest BCUT2D eigenvalue weighted by Gasteiger charge is 2.01. The normalized spacial score (nSPS) is 12.6. The number of aliphatic hydroxyl groups excluding tert-OH is 1. The minimum atomic E-state index is -0.233. The predicted molar refractivity (Wildman–Crippen MR) is 64.6 cm³/mol. The van der Waals surface area contributed by atoms with Crippen molar-refractivity contribution in [2.24, 2.45) is 0 Å². The molecule has 16 heavy (non-hydrogen) atoms. The Bertz CT molecular complexity index is 371. The standard InChI is InChI=1S/C12H16N2O2/c1-9(8-15)14-12(16)7-4-10-2-5-11(13)6-3-10/h2-7,9,15H,8,13H2,1H3,(H,14,16)/b7-4+. The molecular formula is C12H16N2O2. The van der Waals surface area contributed by atoms with Crippen LogP contribution in [0.25, 0.3) is 6.08 Å². The van der Waals surface area contributed by atoms with Crippen LogP contribution in [-0.4, -0.2) is 23.7 Å². The second-order valence-corrected chi connectivity index (χ2v) is 3.59. The number of amides is 1. The van der Waals surface area contributed by atoms with Crippen molar-refractivity contribution < 1.29 is 9.90 Å². The molecular weight excluding hydrogens is 204 g/mol. The first-order valence-corrected chi connectivity index (χ1v) is 5.07. The maximum atomic E-state index is 11.3. The third-order valence-corrected chi connectivity index (χ3v) is 2.03. The number of benzene rings is 1. The number of anilines is 1. The second kappa shape index (κ2) is 5.92. The highest BCUT2D eigenvalue weighted by atomic mass is 16.3. The monoisotopic (exact) mass is 220 g/mol. The van der Waals surface area contributed by atoms with E-state index in [-0.39, 0.29) is 18.6 Å². The Labute approximate surface area is 94.8 Å². The lowest BCUT2D eigenvalue weighted by Crippen LogP contribution is -2.33. The summed E-state index contributed by atoms with van der Waals surface area (Å²) in [5, 5.41) is 11.4. The number of rotatable bonds is 4. The first-order valence-electron chi connectivity index (χ1n) is 5.07. The molecule has 1 rings (SSSR count). The molecule has 1 unspecified atom stereocenters. The zero-order valence-corrected chi connectivity index (χ0v) is 9.18. The number of aliphatic hydroxyl groups is 1. The third kappa shape index (κ3) is 4.14. The van der Waals surface area contributed by atoms with Gasteiger partial charge in [-0.1, -0.05) is 12.1 Å². The summed E-state index contributed by atoms with van der Waals surface area (Å²) in [6, 6.07) is 6.97. The number of nitrogens with one attached hydrogen (secondary N) is 1. The van der Waals surface area contributed by atoms with Gasteiger partial charge in [0.05, 0.1) is 6.61 Å². The van der Waals surface area contributed by atoms with Crippen molar-refractivity contribution in [3.8, 4) is 0 Å². The second-order valence-electron chi connectivity index (χ2n) is 3.59. The van der Waals surface area contributed by atoms with Gasteiger partial charge in [-0.15, -0.1) is 0 Å². The topological polar surface area (TPSA) is 75.3 Å². The van der Waals surface area contributed by atoms with Gasteiger partial charge in [0.25, 0.3) is 0 Å². The van der Waals surface area contributed by atoms with Crippen molar-refractivity contribution in [3.05, 3.63) is 35.9 Å². The molecule has 0 heterocycles. The zero-order valence-electron chi connectivity index (χ0n) is 9.18. The number of nitrogen functional groups attached to an aromatic ring is 1. The molecule has 0 aliphatic carbocycles. The Morgan fingerprint density at radius 2 is 2.12 bits per heavy atom. The number of carbonyl (C=O) groups excluding carboxylic acids is 1. The fourth-order valence-electron chi connectivity index (χ4n) is 1.12. The van der Waals surface area contributed by atoms with E-state index in [1.165, 1.54) is 6.08 Å². The number of carbonyl (C=O) groups is 1. The summed E-state index contributed by atoms with van der Waals surface area (Å²) in [5.74, 6) is -0.224. The molecule has 1 aromatic carbocycles. The van der Waals surface area contributed by atoms with E-state index < -0.39 is 0 Å². The fourth-order valence-corrected chi connectivity index (χ4v) is 1.12. The number of hydrogen-bond donors (Lipinski definition) is 3. The van der Waals surface area contributed by atoms with E-state index in [0.29, 0.717) is 5.69 Å². The maximum absolute atomic E-state index is 11.3. The summed E-state index contributed by atoms with van der Waals surface area (Å²) in [7, 11) is 0. The highest BCUT2D eigenvalue weighted by molar-refractivity contribution is 5.91. The van der Waals surface area contributed by atoms with Gasteiger partial charge in [0.2, 0.25) is 5.91 Å². The van der Waals surface area contributed by atoms with Gasteiger partial charge < -0.3 is 16.2 Å². The molecule has 86 valence electrons.